The van der Waals surface area contributed by atoms with E-state index in [0.29, 0.717) is 19.0 Å². The molecule has 7 nitrogen and oxygen atoms in total. The lowest BCUT2D eigenvalue weighted by molar-refractivity contribution is 0.208. The Bertz CT molecular complexity index is 1100. The van der Waals surface area contributed by atoms with Crippen molar-refractivity contribution in [1.29, 1.82) is 0 Å². The standard InChI is InChI=1S/C25H30N6O/c1-17-5-8-21(9-6-17)27-24-26-20(4)16-23(29-24)30-11-13-31(14-12-30)25(32)28-22-10-7-18(2)15-19(22)3/h5-10,15-16H,11-14H2,1-4H3,(H,28,32)(H,26,27,29). The van der Waals surface area contributed by atoms with Crippen LogP contribution in [0.5, 0.6) is 0 Å². The summed E-state index contributed by atoms with van der Waals surface area (Å²) in [7, 11) is 0. The predicted molar refractivity (Wildman–Crippen MR) is 130 cm³/mol. The first-order chi connectivity index (χ1) is 15.4. The fraction of sp³-hybridized carbons (Fsp3) is 0.320. The Kier molecular flexibility index (Phi) is 6.25. The van der Waals surface area contributed by atoms with E-state index in [1.54, 1.807) is 0 Å². The van der Waals surface area contributed by atoms with Crippen molar-refractivity contribution in [3.05, 3.63) is 70.9 Å². The molecule has 4 rings (SSSR count). The minimum absolute atomic E-state index is 0.0582. The van der Waals surface area contributed by atoms with E-state index in [2.05, 4.69) is 45.6 Å². The summed E-state index contributed by atoms with van der Waals surface area (Å²) >= 11 is 0. The maximum atomic E-state index is 12.7. The molecule has 0 bridgehead atoms. The lowest BCUT2D eigenvalue weighted by atomic mass is 10.1. The number of nitrogens with one attached hydrogen (secondary N) is 2. The highest BCUT2D eigenvalue weighted by molar-refractivity contribution is 5.90. The van der Waals surface area contributed by atoms with E-state index in [1.807, 2.05) is 56.0 Å². The third-order valence-electron chi connectivity index (χ3n) is 5.66. The zero-order valence-electron chi connectivity index (χ0n) is 19.1. The van der Waals surface area contributed by atoms with Crippen molar-refractivity contribution < 1.29 is 4.79 Å². The Hall–Kier alpha value is -3.61. The molecule has 1 aromatic heterocycles. The largest absolute Gasteiger partial charge is 0.353 e. The summed E-state index contributed by atoms with van der Waals surface area (Å²) < 4.78 is 0. The van der Waals surface area contributed by atoms with Crippen LogP contribution in [0.1, 0.15) is 22.4 Å². The molecule has 166 valence electrons. The van der Waals surface area contributed by atoms with Crippen molar-refractivity contribution in [3.63, 3.8) is 0 Å². The van der Waals surface area contributed by atoms with Gasteiger partial charge in [-0.05, 0) is 51.5 Å². The quantitative estimate of drug-likeness (QED) is 0.622. The fourth-order valence-corrected chi connectivity index (χ4v) is 3.82. The molecule has 32 heavy (non-hydrogen) atoms. The number of nitrogens with zero attached hydrogens (tertiary/aromatic N) is 4. The van der Waals surface area contributed by atoms with E-state index in [0.717, 1.165) is 41.5 Å². The van der Waals surface area contributed by atoms with Crippen molar-refractivity contribution >= 4 is 29.2 Å². The van der Waals surface area contributed by atoms with Crippen LogP contribution in [0.2, 0.25) is 0 Å². The Morgan fingerprint density at radius 3 is 2.22 bits per heavy atom. The highest BCUT2D eigenvalue weighted by atomic mass is 16.2. The molecule has 0 saturated carbocycles. The maximum absolute atomic E-state index is 12.7. The summed E-state index contributed by atoms with van der Waals surface area (Å²) in [6.45, 7) is 10.8. The van der Waals surface area contributed by atoms with Crippen LogP contribution < -0.4 is 15.5 Å². The smallest absolute Gasteiger partial charge is 0.321 e. The lowest BCUT2D eigenvalue weighted by Gasteiger charge is -2.35. The number of piperazine rings is 1. The first-order valence-corrected chi connectivity index (χ1v) is 10.9. The van der Waals surface area contributed by atoms with Gasteiger partial charge in [-0.15, -0.1) is 0 Å². The number of carbonyl (C=O) groups excluding carboxylic acids is 1. The molecule has 2 heterocycles. The van der Waals surface area contributed by atoms with Gasteiger partial charge in [0.2, 0.25) is 5.95 Å². The number of anilines is 4. The van der Waals surface area contributed by atoms with Crippen LogP contribution in [0.3, 0.4) is 0 Å². The molecule has 1 aliphatic heterocycles. The Labute approximate surface area is 189 Å². The monoisotopic (exact) mass is 430 g/mol. The molecule has 7 heteroatoms. The second-order valence-corrected chi connectivity index (χ2v) is 8.40. The van der Waals surface area contributed by atoms with Crippen LogP contribution in [0.4, 0.5) is 27.9 Å². The number of amides is 2. The molecular weight excluding hydrogens is 400 g/mol. The van der Waals surface area contributed by atoms with Crippen molar-refractivity contribution in [1.82, 2.24) is 14.9 Å². The van der Waals surface area contributed by atoms with Gasteiger partial charge in [-0.25, -0.2) is 9.78 Å². The van der Waals surface area contributed by atoms with Gasteiger partial charge in [0.15, 0.2) is 0 Å². The lowest BCUT2D eigenvalue weighted by Crippen LogP contribution is -2.50. The fourth-order valence-electron chi connectivity index (χ4n) is 3.82. The number of urea groups is 1. The Morgan fingerprint density at radius 1 is 0.844 bits per heavy atom. The second-order valence-electron chi connectivity index (χ2n) is 8.40. The van der Waals surface area contributed by atoms with Crippen LogP contribution in [0.15, 0.2) is 48.5 Å². The Balaban J connectivity index is 1.38. The summed E-state index contributed by atoms with van der Waals surface area (Å²) in [5.41, 5.74) is 6.19. The summed E-state index contributed by atoms with van der Waals surface area (Å²) in [4.78, 5) is 26.0. The Morgan fingerprint density at radius 2 is 1.53 bits per heavy atom. The first-order valence-electron chi connectivity index (χ1n) is 10.9. The van der Waals surface area contributed by atoms with E-state index < -0.39 is 0 Å². The molecule has 3 aromatic rings. The van der Waals surface area contributed by atoms with E-state index in [1.165, 1.54) is 11.1 Å². The molecule has 1 fully saturated rings. The molecule has 0 aliphatic carbocycles. The number of hydrogen-bond acceptors (Lipinski definition) is 5. The van der Waals surface area contributed by atoms with Crippen LogP contribution in [-0.4, -0.2) is 47.1 Å². The van der Waals surface area contributed by atoms with Gasteiger partial charge in [0, 0.05) is 49.3 Å². The predicted octanol–water partition coefficient (Wildman–Crippen LogP) is 4.81. The third-order valence-corrected chi connectivity index (χ3v) is 5.66. The molecule has 2 N–H and O–H groups in total. The SMILES string of the molecule is Cc1ccc(Nc2nc(C)cc(N3CCN(C(=O)Nc4ccc(C)cc4C)CC3)n2)cc1. The summed E-state index contributed by atoms with van der Waals surface area (Å²) in [6.07, 6.45) is 0. The zero-order valence-corrected chi connectivity index (χ0v) is 19.1. The van der Waals surface area contributed by atoms with Crippen LogP contribution in [0.25, 0.3) is 0 Å². The highest BCUT2D eigenvalue weighted by Crippen LogP contribution is 2.21. The topological polar surface area (TPSA) is 73.4 Å². The number of rotatable bonds is 4. The molecule has 0 radical (unpaired) electrons. The van der Waals surface area contributed by atoms with Crippen LogP contribution >= 0.6 is 0 Å². The molecule has 1 saturated heterocycles. The van der Waals surface area contributed by atoms with Crippen molar-refractivity contribution in [2.24, 2.45) is 0 Å². The van der Waals surface area contributed by atoms with Crippen LogP contribution in [-0.2, 0) is 0 Å². The van der Waals surface area contributed by atoms with Crippen molar-refractivity contribution in [3.8, 4) is 0 Å². The summed E-state index contributed by atoms with van der Waals surface area (Å²) in [5, 5.41) is 6.34. The molecule has 0 atom stereocenters. The van der Waals surface area contributed by atoms with Gasteiger partial charge in [0.25, 0.3) is 0 Å². The molecule has 2 amide bonds. The number of hydrogen-bond donors (Lipinski definition) is 2. The zero-order chi connectivity index (χ0) is 22.7. The van der Waals surface area contributed by atoms with E-state index >= 15 is 0 Å². The van der Waals surface area contributed by atoms with Crippen LogP contribution in [0, 0.1) is 27.7 Å². The van der Waals surface area contributed by atoms with Gasteiger partial charge in [0.05, 0.1) is 0 Å². The molecule has 1 aliphatic rings. The van der Waals surface area contributed by atoms with Gasteiger partial charge in [0.1, 0.15) is 5.82 Å². The number of aromatic nitrogens is 2. The second kappa shape index (κ2) is 9.26. The molecule has 2 aromatic carbocycles. The van der Waals surface area contributed by atoms with Gasteiger partial charge in [-0.2, -0.15) is 4.98 Å². The van der Waals surface area contributed by atoms with Gasteiger partial charge in [-0.1, -0.05) is 35.4 Å². The van der Waals surface area contributed by atoms with Gasteiger partial charge >= 0.3 is 6.03 Å². The maximum Gasteiger partial charge on any atom is 0.321 e. The van der Waals surface area contributed by atoms with Gasteiger partial charge < -0.3 is 20.4 Å². The third kappa shape index (κ3) is 5.17. The number of aryl methyl sites for hydroxylation is 4. The molecule has 0 spiro atoms. The molecular formula is C25H30N6O. The summed E-state index contributed by atoms with van der Waals surface area (Å²) in [6, 6.07) is 16.1. The van der Waals surface area contributed by atoms with Gasteiger partial charge in [-0.3, -0.25) is 0 Å². The van der Waals surface area contributed by atoms with E-state index in [9.17, 15) is 4.79 Å². The van der Waals surface area contributed by atoms with Crippen molar-refractivity contribution in [2.75, 3.05) is 41.7 Å². The van der Waals surface area contributed by atoms with E-state index in [-0.39, 0.29) is 6.03 Å². The minimum atomic E-state index is -0.0582. The normalized spacial score (nSPS) is 13.8. The average molecular weight is 431 g/mol. The number of benzene rings is 2. The minimum Gasteiger partial charge on any atom is -0.353 e. The van der Waals surface area contributed by atoms with Crippen molar-refractivity contribution in [2.45, 2.75) is 27.7 Å². The highest BCUT2D eigenvalue weighted by Gasteiger charge is 2.23. The summed E-state index contributed by atoms with van der Waals surface area (Å²) in [5.74, 6) is 1.46. The first kappa shape index (κ1) is 21.6. The average Bonchev–Trinajstić information content (AvgIpc) is 2.77. The number of carbonyl (C=O) groups is 1. The van der Waals surface area contributed by atoms with E-state index in [4.69, 9.17) is 4.98 Å². The molecule has 0 unspecified atom stereocenters.